The van der Waals surface area contributed by atoms with Crippen LogP contribution in [0.25, 0.3) is 0 Å². The molecule has 2 aromatic carbocycles. The van der Waals surface area contributed by atoms with E-state index in [4.69, 9.17) is 14.2 Å². The van der Waals surface area contributed by atoms with Crippen LogP contribution in [0, 0.1) is 13.8 Å². The van der Waals surface area contributed by atoms with Crippen molar-refractivity contribution >= 4 is 5.91 Å². The van der Waals surface area contributed by atoms with Crippen molar-refractivity contribution in [2.24, 2.45) is 0 Å². The van der Waals surface area contributed by atoms with E-state index in [-0.39, 0.29) is 18.6 Å². The molecule has 0 aromatic heterocycles. The Labute approximate surface area is 148 Å². The quantitative estimate of drug-likeness (QED) is 0.835. The summed E-state index contributed by atoms with van der Waals surface area (Å²) in [6.07, 6.45) is 0. The first-order valence-electron chi connectivity index (χ1n) is 8.15. The van der Waals surface area contributed by atoms with Gasteiger partial charge in [-0.25, -0.2) is 0 Å². The Kier molecular flexibility index (Phi) is 6.28. The number of nitrogens with one attached hydrogen (secondary N) is 1. The number of carbonyl (C=O) groups excluding carboxylic acids is 1. The summed E-state index contributed by atoms with van der Waals surface area (Å²) in [7, 11) is 3.20. The van der Waals surface area contributed by atoms with Gasteiger partial charge in [-0.2, -0.15) is 0 Å². The SMILES string of the molecule is COc1ccc(OC)c([C@@H](C)NC(=O)COc2cc(C)cc(C)c2)c1. The number of methoxy groups -OCH3 is 2. The Balaban J connectivity index is 2.00. The lowest BCUT2D eigenvalue weighted by Gasteiger charge is -2.18. The molecule has 0 radical (unpaired) electrons. The van der Waals surface area contributed by atoms with Crippen LogP contribution in [-0.2, 0) is 4.79 Å². The van der Waals surface area contributed by atoms with Gasteiger partial charge in [0, 0.05) is 5.56 Å². The number of aryl methyl sites for hydroxylation is 2. The fourth-order valence-electron chi connectivity index (χ4n) is 2.70. The molecule has 0 spiro atoms. The summed E-state index contributed by atoms with van der Waals surface area (Å²) in [5.74, 6) is 1.91. The second-order valence-corrected chi connectivity index (χ2v) is 6.01. The van der Waals surface area contributed by atoms with Gasteiger partial charge < -0.3 is 19.5 Å². The van der Waals surface area contributed by atoms with Gasteiger partial charge in [0.2, 0.25) is 0 Å². The van der Waals surface area contributed by atoms with Crippen LogP contribution in [0.1, 0.15) is 29.7 Å². The van der Waals surface area contributed by atoms with Gasteiger partial charge in [-0.05, 0) is 62.2 Å². The van der Waals surface area contributed by atoms with Crippen molar-refractivity contribution in [1.82, 2.24) is 5.32 Å². The van der Waals surface area contributed by atoms with Gasteiger partial charge in [-0.3, -0.25) is 4.79 Å². The average molecular weight is 343 g/mol. The average Bonchev–Trinajstić information content (AvgIpc) is 2.58. The summed E-state index contributed by atoms with van der Waals surface area (Å²) in [5.41, 5.74) is 3.05. The van der Waals surface area contributed by atoms with Crippen LogP contribution in [0.15, 0.2) is 36.4 Å². The molecule has 5 heteroatoms. The highest BCUT2D eigenvalue weighted by Gasteiger charge is 2.15. The Bertz CT molecular complexity index is 722. The first kappa shape index (κ1) is 18.6. The topological polar surface area (TPSA) is 56.8 Å². The number of carbonyl (C=O) groups is 1. The van der Waals surface area contributed by atoms with Crippen LogP contribution >= 0.6 is 0 Å². The smallest absolute Gasteiger partial charge is 0.258 e. The normalized spacial score (nSPS) is 11.6. The number of rotatable bonds is 7. The lowest BCUT2D eigenvalue weighted by atomic mass is 10.1. The molecule has 1 amide bonds. The molecule has 5 nitrogen and oxygen atoms in total. The third kappa shape index (κ3) is 5.14. The van der Waals surface area contributed by atoms with Gasteiger partial charge in [-0.1, -0.05) is 6.07 Å². The molecule has 0 aliphatic rings. The molecule has 1 atom stereocenters. The Morgan fingerprint density at radius 3 is 2.28 bits per heavy atom. The molecule has 0 aliphatic heterocycles. The molecule has 0 saturated heterocycles. The summed E-state index contributed by atoms with van der Waals surface area (Å²) in [6.45, 7) is 5.85. The molecule has 0 bridgehead atoms. The molecule has 0 saturated carbocycles. The fourth-order valence-corrected chi connectivity index (χ4v) is 2.70. The van der Waals surface area contributed by atoms with E-state index in [0.29, 0.717) is 17.2 Å². The molecule has 0 heterocycles. The number of ether oxygens (including phenoxy) is 3. The van der Waals surface area contributed by atoms with E-state index < -0.39 is 0 Å². The molecule has 0 aliphatic carbocycles. The van der Waals surface area contributed by atoms with Crippen molar-refractivity contribution in [3.05, 3.63) is 53.1 Å². The van der Waals surface area contributed by atoms with Crippen molar-refractivity contribution < 1.29 is 19.0 Å². The summed E-state index contributed by atoms with van der Waals surface area (Å²) in [4.78, 5) is 12.2. The highest BCUT2D eigenvalue weighted by Crippen LogP contribution is 2.29. The van der Waals surface area contributed by atoms with Crippen LogP contribution in [0.2, 0.25) is 0 Å². The van der Waals surface area contributed by atoms with E-state index in [1.54, 1.807) is 14.2 Å². The molecule has 25 heavy (non-hydrogen) atoms. The van der Waals surface area contributed by atoms with Gasteiger partial charge >= 0.3 is 0 Å². The van der Waals surface area contributed by atoms with Crippen LogP contribution in [0.5, 0.6) is 17.2 Å². The predicted octanol–water partition coefficient (Wildman–Crippen LogP) is 3.58. The first-order valence-corrected chi connectivity index (χ1v) is 8.15. The Morgan fingerprint density at radius 2 is 1.68 bits per heavy atom. The highest BCUT2D eigenvalue weighted by atomic mass is 16.5. The van der Waals surface area contributed by atoms with Crippen LogP contribution < -0.4 is 19.5 Å². The largest absolute Gasteiger partial charge is 0.497 e. The van der Waals surface area contributed by atoms with Crippen molar-refractivity contribution in [2.45, 2.75) is 26.8 Å². The second kappa shape index (κ2) is 8.42. The number of hydrogen-bond acceptors (Lipinski definition) is 4. The maximum Gasteiger partial charge on any atom is 0.258 e. The summed E-state index contributed by atoms with van der Waals surface area (Å²) < 4.78 is 16.2. The molecule has 134 valence electrons. The summed E-state index contributed by atoms with van der Waals surface area (Å²) >= 11 is 0. The predicted molar refractivity (Wildman–Crippen MR) is 97.5 cm³/mol. The van der Waals surface area contributed by atoms with E-state index in [9.17, 15) is 4.79 Å². The number of amides is 1. The van der Waals surface area contributed by atoms with E-state index in [0.717, 1.165) is 16.7 Å². The lowest BCUT2D eigenvalue weighted by Crippen LogP contribution is -2.31. The fraction of sp³-hybridized carbons (Fsp3) is 0.350. The first-order chi connectivity index (χ1) is 11.9. The van der Waals surface area contributed by atoms with Crippen LogP contribution in [0.3, 0.4) is 0 Å². The minimum atomic E-state index is -0.236. The van der Waals surface area contributed by atoms with Gasteiger partial charge in [0.05, 0.1) is 20.3 Å². The van der Waals surface area contributed by atoms with Gasteiger partial charge in [0.15, 0.2) is 6.61 Å². The van der Waals surface area contributed by atoms with E-state index >= 15 is 0 Å². The minimum absolute atomic E-state index is 0.0421. The van der Waals surface area contributed by atoms with E-state index in [1.807, 2.05) is 51.1 Å². The Morgan fingerprint density at radius 1 is 1.00 bits per heavy atom. The summed E-state index contributed by atoms with van der Waals surface area (Å²) in [6, 6.07) is 11.1. The standard InChI is InChI=1S/C20H25NO4/c1-13-8-14(2)10-17(9-13)25-12-20(22)21-15(3)18-11-16(23-4)6-7-19(18)24-5/h6-11,15H,12H2,1-5H3,(H,21,22)/t15-/m1/s1. The zero-order chi connectivity index (χ0) is 18.4. The maximum atomic E-state index is 12.2. The Hall–Kier alpha value is -2.69. The monoisotopic (exact) mass is 343 g/mol. The third-order valence-electron chi connectivity index (χ3n) is 3.85. The van der Waals surface area contributed by atoms with Crippen LogP contribution in [0.4, 0.5) is 0 Å². The number of benzene rings is 2. The van der Waals surface area contributed by atoms with E-state index in [1.165, 1.54) is 0 Å². The summed E-state index contributed by atoms with van der Waals surface area (Å²) in [5, 5.41) is 2.92. The van der Waals surface area contributed by atoms with Crippen LogP contribution in [-0.4, -0.2) is 26.7 Å². The van der Waals surface area contributed by atoms with Crippen molar-refractivity contribution in [3.63, 3.8) is 0 Å². The lowest BCUT2D eigenvalue weighted by molar-refractivity contribution is -0.123. The van der Waals surface area contributed by atoms with Crippen molar-refractivity contribution in [1.29, 1.82) is 0 Å². The van der Waals surface area contributed by atoms with E-state index in [2.05, 4.69) is 11.4 Å². The van der Waals surface area contributed by atoms with Gasteiger partial charge in [-0.15, -0.1) is 0 Å². The maximum absolute atomic E-state index is 12.2. The minimum Gasteiger partial charge on any atom is -0.497 e. The second-order valence-electron chi connectivity index (χ2n) is 6.01. The molecule has 2 aromatic rings. The molecule has 1 N–H and O–H groups in total. The molecule has 0 unspecified atom stereocenters. The van der Waals surface area contributed by atoms with Crippen molar-refractivity contribution in [3.8, 4) is 17.2 Å². The highest BCUT2D eigenvalue weighted by molar-refractivity contribution is 5.78. The van der Waals surface area contributed by atoms with Gasteiger partial charge in [0.1, 0.15) is 17.2 Å². The zero-order valence-corrected chi connectivity index (χ0v) is 15.4. The number of hydrogen-bond donors (Lipinski definition) is 1. The molecule has 2 rings (SSSR count). The molecule has 0 fully saturated rings. The zero-order valence-electron chi connectivity index (χ0n) is 15.4. The molecular weight excluding hydrogens is 318 g/mol. The van der Waals surface area contributed by atoms with Gasteiger partial charge in [0.25, 0.3) is 5.91 Å². The molecular formula is C20H25NO4. The third-order valence-corrected chi connectivity index (χ3v) is 3.85. The van der Waals surface area contributed by atoms with Crippen molar-refractivity contribution in [2.75, 3.05) is 20.8 Å².